The summed E-state index contributed by atoms with van der Waals surface area (Å²) in [5.41, 5.74) is 1.08. The quantitative estimate of drug-likeness (QED) is 0.813. The van der Waals surface area contributed by atoms with Crippen molar-refractivity contribution in [2.75, 3.05) is 26.6 Å². The maximum absolute atomic E-state index is 13.1. The summed E-state index contributed by atoms with van der Waals surface area (Å²) < 4.78 is 29.0. The first-order valence-corrected chi connectivity index (χ1v) is 7.65. The van der Waals surface area contributed by atoms with Gasteiger partial charge in [-0.1, -0.05) is 11.6 Å². The maximum atomic E-state index is 13.1. The van der Waals surface area contributed by atoms with E-state index in [1.807, 2.05) is 0 Å². The standard InChI is InChI=1S/C17H18ClFN2O4/c1-23-14-7-4-10(15(24-2)16(14)25-3)9-20-17(22)21-11-5-6-13(19)12(18)8-11/h4-8H,9H2,1-3H3,(H2,20,21,22). The van der Waals surface area contributed by atoms with Crippen LogP contribution in [-0.2, 0) is 6.54 Å². The third-order valence-electron chi connectivity index (χ3n) is 3.40. The molecule has 25 heavy (non-hydrogen) atoms. The third kappa shape index (κ3) is 4.45. The Bertz CT molecular complexity index is 771. The van der Waals surface area contributed by atoms with Gasteiger partial charge in [-0.25, -0.2) is 9.18 Å². The number of hydrogen-bond donors (Lipinski definition) is 2. The number of halogens is 2. The van der Waals surface area contributed by atoms with Crippen LogP contribution in [0.25, 0.3) is 0 Å². The Balaban J connectivity index is 2.07. The van der Waals surface area contributed by atoms with Crippen LogP contribution in [0.3, 0.4) is 0 Å². The molecule has 0 spiro atoms. The van der Waals surface area contributed by atoms with Gasteiger partial charge in [-0.05, 0) is 30.3 Å². The summed E-state index contributed by atoms with van der Waals surface area (Å²) in [7, 11) is 4.53. The van der Waals surface area contributed by atoms with Crippen molar-refractivity contribution in [3.8, 4) is 17.2 Å². The van der Waals surface area contributed by atoms with Crippen LogP contribution in [0.1, 0.15) is 5.56 Å². The fourth-order valence-electron chi connectivity index (χ4n) is 2.23. The summed E-state index contributed by atoms with van der Waals surface area (Å²) in [6.07, 6.45) is 0. The lowest BCUT2D eigenvalue weighted by Crippen LogP contribution is -2.28. The number of anilines is 1. The van der Waals surface area contributed by atoms with E-state index in [1.54, 1.807) is 12.1 Å². The zero-order chi connectivity index (χ0) is 18.4. The molecule has 0 unspecified atom stereocenters. The number of carbonyl (C=O) groups is 1. The summed E-state index contributed by atoms with van der Waals surface area (Å²) in [6.45, 7) is 0.185. The van der Waals surface area contributed by atoms with E-state index in [2.05, 4.69) is 10.6 Å². The zero-order valence-electron chi connectivity index (χ0n) is 14.0. The van der Waals surface area contributed by atoms with E-state index in [0.717, 1.165) is 0 Å². The Morgan fingerprint density at radius 2 is 1.80 bits per heavy atom. The lowest BCUT2D eigenvalue weighted by molar-refractivity contribution is 0.251. The molecule has 0 saturated carbocycles. The Morgan fingerprint density at radius 3 is 2.40 bits per heavy atom. The molecule has 0 aliphatic carbocycles. The van der Waals surface area contributed by atoms with Gasteiger partial charge in [-0.3, -0.25) is 0 Å². The molecule has 0 radical (unpaired) electrons. The Labute approximate surface area is 149 Å². The molecular formula is C17H18ClFN2O4. The highest BCUT2D eigenvalue weighted by Gasteiger charge is 2.16. The van der Waals surface area contributed by atoms with Gasteiger partial charge < -0.3 is 24.8 Å². The molecule has 8 heteroatoms. The van der Waals surface area contributed by atoms with Gasteiger partial charge in [-0.15, -0.1) is 0 Å². The number of benzene rings is 2. The fourth-order valence-corrected chi connectivity index (χ4v) is 2.41. The van der Waals surface area contributed by atoms with E-state index in [1.165, 1.54) is 39.5 Å². The second kappa shape index (κ2) is 8.43. The van der Waals surface area contributed by atoms with Crippen LogP contribution in [0.5, 0.6) is 17.2 Å². The van der Waals surface area contributed by atoms with E-state index in [4.69, 9.17) is 25.8 Å². The monoisotopic (exact) mass is 368 g/mol. The minimum atomic E-state index is -0.553. The van der Waals surface area contributed by atoms with Crippen molar-refractivity contribution in [1.82, 2.24) is 5.32 Å². The summed E-state index contributed by atoms with van der Waals surface area (Å²) in [4.78, 5) is 12.0. The molecule has 134 valence electrons. The van der Waals surface area contributed by atoms with E-state index < -0.39 is 11.8 Å². The molecule has 6 nitrogen and oxygen atoms in total. The molecule has 0 bridgehead atoms. The Morgan fingerprint density at radius 1 is 1.08 bits per heavy atom. The maximum Gasteiger partial charge on any atom is 0.319 e. The van der Waals surface area contributed by atoms with Crippen molar-refractivity contribution in [3.63, 3.8) is 0 Å². The first-order chi connectivity index (χ1) is 12.0. The van der Waals surface area contributed by atoms with Crippen LogP contribution in [0, 0.1) is 5.82 Å². The lowest BCUT2D eigenvalue weighted by atomic mass is 10.1. The van der Waals surface area contributed by atoms with Gasteiger partial charge in [0.1, 0.15) is 5.82 Å². The molecule has 0 atom stereocenters. The van der Waals surface area contributed by atoms with Crippen LogP contribution in [0.2, 0.25) is 5.02 Å². The normalized spacial score (nSPS) is 10.1. The number of urea groups is 1. The average molecular weight is 369 g/mol. The number of methoxy groups -OCH3 is 3. The third-order valence-corrected chi connectivity index (χ3v) is 3.69. The molecule has 2 amide bonds. The molecule has 2 N–H and O–H groups in total. The molecule has 2 aromatic carbocycles. The van der Waals surface area contributed by atoms with E-state index >= 15 is 0 Å². The molecule has 2 aromatic rings. The summed E-state index contributed by atoms with van der Waals surface area (Å²) in [5.74, 6) is 0.873. The van der Waals surface area contributed by atoms with Gasteiger partial charge in [-0.2, -0.15) is 0 Å². The van der Waals surface area contributed by atoms with Gasteiger partial charge in [0.05, 0.1) is 26.4 Å². The van der Waals surface area contributed by atoms with Gasteiger partial charge in [0, 0.05) is 17.8 Å². The smallest absolute Gasteiger partial charge is 0.319 e. The number of hydrogen-bond acceptors (Lipinski definition) is 4. The topological polar surface area (TPSA) is 68.8 Å². The van der Waals surface area contributed by atoms with Crippen molar-refractivity contribution in [2.24, 2.45) is 0 Å². The molecular weight excluding hydrogens is 351 g/mol. The molecule has 0 aliphatic heterocycles. The van der Waals surface area contributed by atoms with Gasteiger partial charge in [0.15, 0.2) is 11.5 Å². The average Bonchev–Trinajstić information content (AvgIpc) is 2.61. The van der Waals surface area contributed by atoms with Crippen molar-refractivity contribution in [1.29, 1.82) is 0 Å². The predicted molar refractivity (Wildman–Crippen MR) is 93.4 cm³/mol. The first-order valence-electron chi connectivity index (χ1n) is 7.28. The molecule has 0 aromatic heterocycles. The number of rotatable bonds is 6. The number of carbonyl (C=O) groups excluding carboxylic acids is 1. The number of amides is 2. The van der Waals surface area contributed by atoms with Crippen LogP contribution in [0.15, 0.2) is 30.3 Å². The fraction of sp³-hybridized carbons (Fsp3) is 0.235. The second-order valence-electron chi connectivity index (χ2n) is 4.93. The van der Waals surface area contributed by atoms with Gasteiger partial charge in [0.25, 0.3) is 0 Å². The van der Waals surface area contributed by atoms with Gasteiger partial charge >= 0.3 is 6.03 Å². The van der Waals surface area contributed by atoms with Crippen LogP contribution < -0.4 is 24.8 Å². The van der Waals surface area contributed by atoms with Crippen molar-refractivity contribution < 1.29 is 23.4 Å². The molecule has 0 aliphatic rings. The highest BCUT2D eigenvalue weighted by Crippen LogP contribution is 2.39. The Kier molecular flexibility index (Phi) is 6.30. The minimum absolute atomic E-state index is 0.0700. The van der Waals surface area contributed by atoms with E-state index in [0.29, 0.717) is 28.5 Å². The highest BCUT2D eigenvalue weighted by molar-refractivity contribution is 6.31. The molecule has 0 fully saturated rings. The van der Waals surface area contributed by atoms with Crippen LogP contribution >= 0.6 is 11.6 Å². The van der Waals surface area contributed by atoms with Crippen molar-refractivity contribution >= 4 is 23.3 Å². The molecule has 0 heterocycles. The van der Waals surface area contributed by atoms with E-state index in [9.17, 15) is 9.18 Å². The minimum Gasteiger partial charge on any atom is -0.493 e. The number of ether oxygens (including phenoxy) is 3. The summed E-state index contributed by atoms with van der Waals surface area (Å²) >= 11 is 5.68. The predicted octanol–water partition coefficient (Wildman–Crippen LogP) is 3.83. The Hall–Kier alpha value is -2.67. The van der Waals surface area contributed by atoms with Crippen LogP contribution in [0.4, 0.5) is 14.9 Å². The van der Waals surface area contributed by atoms with Crippen LogP contribution in [-0.4, -0.2) is 27.4 Å². The first kappa shape index (κ1) is 18.7. The van der Waals surface area contributed by atoms with Crippen molar-refractivity contribution in [3.05, 3.63) is 46.7 Å². The number of nitrogens with one attached hydrogen (secondary N) is 2. The SMILES string of the molecule is COc1ccc(CNC(=O)Nc2ccc(F)c(Cl)c2)c(OC)c1OC. The molecule has 2 rings (SSSR count). The second-order valence-corrected chi connectivity index (χ2v) is 5.34. The lowest BCUT2D eigenvalue weighted by Gasteiger charge is -2.16. The summed E-state index contributed by atoms with van der Waals surface area (Å²) in [5, 5.41) is 5.18. The highest BCUT2D eigenvalue weighted by atomic mass is 35.5. The van der Waals surface area contributed by atoms with Gasteiger partial charge in [0.2, 0.25) is 5.75 Å². The van der Waals surface area contributed by atoms with E-state index in [-0.39, 0.29) is 11.6 Å². The zero-order valence-corrected chi connectivity index (χ0v) is 14.7. The summed E-state index contributed by atoms with van der Waals surface area (Å²) in [6, 6.07) is 6.92. The largest absolute Gasteiger partial charge is 0.493 e. The molecule has 0 saturated heterocycles. The van der Waals surface area contributed by atoms with Crippen molar-refractivity contribution in [2.45, 2.75) is 6.54 Å².